The first kappa shape index (κ1) is 21.8. The first-order chi connectivity index (χ1) is 13.5. The molecule has 0 radical (unpaired) electrons. The maximum atomic E-state index is 12.4. The van der Waals surface area contributed by atoms with Crippen molar-refractivity contribution in [3.8, 4) is 5.75 Å². The molecule has 2 aromatic rings. The van der Waals surface area contributed by atoms with Crippen molar-refractivity contribution in [2.24, 2.45) is 5.10 Å². The van der Waals surface area contributed by atoms with Gasteiger partial charge in [0.15, 0.2) is 0 Å². The molecular weight excluding hydrogens is 376 g/mol. The topological polar surface area (TPSA) is 83.9 Å². The van der Waals surface area contributed by atoms with Crippen molar-refractivity contribution < 1.29 is 13.2 Å². The van der Waals surface area contributed by atoms with E-state index >= 15 is 0 Å². The zero-order chi connectivity index (χ0) is 20.4. The smallest absolute Gasteiger partial charge is 0.244 e. The summed E-state index contributed by atoms with van der Waals surface area (Å²) >= 11 is 0. The number of nitrogens with one attached hydrogen (secondary N) is 1. The number of hydrazone groups is 1. The second-order valence-electron chi connectivity index (χ2n) is 6.11. The minimum absolute atomic E-state index is 0.171. The molecule has 8 heteroatoms. The highest BCUT2D eigenvalue weighted by Gasteiger charge is 2.21. The molecule has 1 aromatic carbocycles. The second-order valence-corrected chi connectivity index (χ2v) is 8.05. The van der Waals surface area contributed by atoms with Gasteiger partial charge in [0.25, 0.3) is 0 Å². The van der Waals surface area contributed by atoms with Crippen molar-refractivity contribution in [2.45, 2.75) is 38.5 Å². The third-order valence-corrected chi connectivity index (χ3v) is 6.15. The van der Waals surface area contributed by atoms with Gasteiger partial charge in [-0.25, -0.2) is 13.4 Å². The Kier molecular flexibility index (Phi) is 8.41. The zero-order valence-corrected chi connectivity index (χ0v) is 17.4. The van der Waals surface area contributed by atoms with Crippen LogP contribution in [0.15, 0.2) is 52.6 Å². The van der Waals surface area contributed by atoms with Crippen LogP contribution in [-0.2, 0) is 10.0 Å². The van der Waals surface area contributed by atoms with Crippen LogP contribution in [0.25, 0.3) is 0 Å². The minimum atomic E-state index is -3.50. The van der Waals surface area contributed by atoms with E-state index in [1.54, 1.807) is 12.3 Å². The molecule has 0 saturated heterocycles. The van der Waals surface area contributed by atoms with Crippen molar-refractivity contribution in [3.05, 3.63) is 48.2 Å². The Hall–Kier alpha value is -2.45. The van der Waals surface area contributed by atoms with E-state index in [-0.39, 0.29) is 4.90 Å². The number of hydrogen-bond donors (Lipinski definition) is 1. The average molecular weight is 405 g/mol. The lowest BCUT2D eigenvalue weighted by Crippen LogP contribution is -2.30. The van der Waals surface area contributed by atoms with Crippen molar-refractivity contribution in [3.63, 3.8) is 0 Å². The van der Waals surface area contributed by atoms with Crippen LogP contribution >= 0.6 is 0 Å². The van der Waals surface area contributed by atoms with Crippen LogP contribution in [0.2, 0.25) is 0 Å². The molecule has 1 heterocycles. The normalized spacial score (nSPS) is 11.9. The number of sulfonamides is 1. The number of unbranched alkanes of at least 4 members (excludes halogenated alkanes) is 1. The van der Waals surface area contributed by atoms with Gasteiger partial charge in [0, 0.05) is 19.3 Å². The van der Waals surface area contributed by atoms with E-state index in [2.05, 4.69) is 22.4 Å². The Morgan fingerprint density at radius 1 is 1.11 bits per heavy atom. The number of ether oxygens (including phenoxy) is 1. The second kappa shape index (κ2) is 10.8. The van der Waals surface area contributed by atoms with E-state index < -0.39 is 10.0 Å². The summed E-state index contributed by atoms with van der Waals surface area (Å²) in [5, 5.41) is 4.14. The molecule has 28 heavy (non-hydrogen) atoms. The average Bonchev–Trinajstić information content (AvgIpc) is 2.70. The number of benzene rings is 1. The summed E-state index contributed by atoms with van der Waals surface area (Å²) in [6, 6.07) is 10.8. The molecule has 152 valence electrons. The predicted molar refractivity (Wildman–Crippen MR) is 112 cm³/mol. The third-order valence-electron chi connectivity index (χ3n) is 4.12. The summed E-state index contributed by atoms with van der Waals surface area (Å²) in [7, 11) is -3.50. The Balaban J connectivity index is 1.94. The first-order valence-corrected chi connectivity index (χ1v) is 10.9. The van der Waals surface area contributed by atoms with Gasteiger partial charge in [-0.05, 0) is 48.4 Å². The summed E-state index contributed by atoms with van der Waals surface area (Å²) < 4.78 is 31.9. The van der Waals surface area contributed by atoms with Gasteiger partial charge < -0.3 is 4.74 Å². The van der Waals surface area contributed by atoms with Gasteiger partial charge >= 0.3 is 0 Å². The van der Waals surface area contributed by atoms with Crippen LogP contribution in [0, 0.1) is 0 Å². The molecule has 0 amide bonds. The molecule has 0 fully saturated rings. The summed E-state index contributed by atoms with van der Waals surface area (Å²) in [4.78, 5) is 4.30. The molecule has 1 N–H and O–H groups in total. The molecule has 2 rings (SSSR count). The first-order valence-electron chi connectivity index (χ1n) is 9.49. The van der Waals surface area contributed by atoms with Crippen molar-refractivity contribution in [1.29, 1.82) is 0 Å². The highest BCUT2D eigenvalue weighted by molar-refractivity contribution is 7.89. The van der Waals surface area contributed by atoms with Gasteiger partial charge in [0.2, 0.25) is 10.0 Å². The molecule has 0 bridgehead atoms. The fourth-order valence-electron chi connectivity index (χ4n) is 2.47. The van der Waals surface area contributed by atoms with E-state index in [1.807, 2.05) is 38.1 Å². The number of rotatable bonds is 11. The lowest BCUT2D eigenvalue weighted by Gasteiger charge is -2.18. The van der Waals surface area contributed by atoms with Gasteiger partial charge in [-0.15, -0.1) is 0 Å². The standard InChI is InChI=1S/C20H28N4O3S/c1-4-7-14-27-18-10-8-17(9-11-18)15-22-23-20-13-12-19(16-21-20)28(25,26)24(5-2)6-3/h8-13,15-16H,4-7,14H2,1-3H3,(H,21,23)/b22-15+. The van der Waals surface area contributed by atoms with E-state index in [0.29, 0.717) is 18.9 Å². The van der Waals surface area contributed by atoms with Crippen molar-refractivity contribution in [1.82, 2.24) is 9.29 Å². The number of nitrogens with zero attached hydrogens (tertiary/aromatic N) is 3. The van der Waals surface area contributed by atoms with E-state index in [4.69, 9.17) is 4.74 Å². The number of aromatic nitrogens is 1. The number of hydrogen-bond acceptors (Lipinski definition) is 6. The summed E-state index contributed by atoms with van der Waals surface area (Å²) in [6.45, 7) is 7.31. The van der Waals surface area contributed by atoms with E-state index in [9.17, 15) is 8.42 Å². The molecule has 0 atom stereocenters. The molecule has 7 nitrogen and oxygen atoms in total. The summed E-state index contributed by atoms with van der Waals surface area (Å²) in [5.74, 6) is 1.31. The van der Waals surface area contributed by atoms with Crippen LogP contribution in [0.4, 0.5) is 5.82 Å². The lowest BCUT2D eigenvalue weighted by molar-refractivity contribution is 0.309. The van der Waals surface area contributed by atoms with Gasteiger partial charge in [-0.2, -0.15) is 9.41 Å². The van der Waals surface area contributed by atoms with E-state index in [1.165, 1.54) is 16.6 Å². The highest BCUT2D eigenvalue weighted by Crippen LogP contribution is 2.16. The Labute approximate surface area is 167 Å². The van der Waals surface area contributed by atoms with Crippen LogP contribution in [0.5, 0.6) is 5.75 Å². The maximum absolute atomic E-state index is 12.4. The molecule has 0 spiro atoms. The van der Waals surface area contributed by atoms with Crippen LogP contribution in [-0.4, -0.2) is 43.6 Å². The van der Waals surface area contributed by atoms with Crippen molar-refractivity contribution >= 4 is 22.1 Å². The Morgan fingerprint density at radius 3 is 2.39 bits per heavy atom. The Morgan fingerprint density at radius 2 is 1.82 bits per heavy atom. The third kappa shape index (κ3) is 6.03. The van der Waals surface area contributed by atoms with Gasteiger partial charge in [-0.3, -0.25) is 5.43 Å². The van der Waals surface area contributed by atoms with Gasteiger partial charge in [-0.1, -0.05) is 27.2 Å². The molecule has 0 saturated carbocycles. The van der Waals surface area contributed by atoms with Crippen LogP contribution in [0.1, 0.15) is 39.2 Å². The fraction of sp³-hybridized carbons (Fsp3) is 0.400. The summed E-state index contributed by atoms with van der Waals surface area (Å²) in [6.07, 6.45) is 5.15. The summed E-state index contributed by atoms with van der Waals surface area (Å²) in [5.41, 5.74) is 3.72. The SMILES string of the molecule is CCCCOc1ccc(/C=N/Nc2ccc(S(=O)(=O)N(CC)CC)cn2)cc1. The van der Waals surface area contributed by atoms with E-state index in [0.717, 1.165) is 30.8 Å². The monoisotopic (exact) mass is 404 g/mol. The van der Waals surface area contributed by atoms with Crippen molar-refractivity contribution in [2.75, 3.05) is 25.1 Å². The quantitative estimate of drug-likeness (QED) is 0.350. The Bertz CT molecular complexity index is 846. The molecular formula is C20H28N4O3S. The molecule has 0 unspecified atom stereocenters. The molecule has 1 aromatic heterocycles. The number of anilines is 1. The minimum Gasteiger partial charge on any atom is -0.494 e. The lowest BCUT2D eigenvalue weighted by atomic mass is 10.2. The fourth-order valence-corrected chi connectivity index (χ4v) is 3.87. The zero-order valence-electron chi connectivity index (χ0n) is 16.6. The largest absolute Gasteiger partial charge is 0.494 e. The van der Waals surface area contributed by atoms with Gasteiger partial charge in [0.05, 0.1) is 12.8 Å². The molecule has 0 aliphatic carbocycles. The predicted octanol–water partition coefficient (Wildman–Crippen LogP) is 3.74. The number of pyridine rings is 1. The van der Waals surface area contributed by atoms with Gasteiger partial charge in [0.1, 0.15) is 16.5 Å². The van der Waals surface area contributed by atoms with Crippen LogP contribution in [0.3, 0.4) is 0 Å². The molecule has 0 aliphatic heterocycles. The van der Waals surface area contributed by atoms with Crippen LogP contribution < -0.4 is 10.2 Å². The molecule has 0 aliphatic rings. The highest BCUT2D eigenvalue weighted by atomic mass is 32.2. The maximum Gasteiger partial charge on any atom is 0.244 e.